The van der Waals surface area contributed by atoms with Crippen LogP contribution in [0.25, 0.3) is 0 Å². The van der Waals surface area contributed by atoms with E-state index >= 15 is 0 Å². The van der Waals surface area contributed by atoms with Crippen LogP contribution in [-0.4, -0.2) is 12.3 Å². The van der Waals surface area contributed by atoms with Gasteiger partial charge in [-0.25, -0.2) is 4.39 Å². The smallest absolute Gasteiger partial charge is 0.135 e. The molecule has 16 heavy (non-hydrogen) atoms. The van der Waals surface area contributed by atoms with E-state index in [0.717, 1.165) is 0 Å². The maximum Gasteiger partial charge on any atom is 0.135 e. The molecule has 0 atom stereocenters. The molecule has 0 spiro atoms. The molecule has 0 bridgehead atoms. The fourth-order valence-electron chi connectivity index (χ4n) is 1.07. The molecule has 0 amide bonds. The molecule has 1 rings (SSSR count). The molecule has 0 radical (unpaired) electrons. The first kappa shape index (κ1) is 11.9. The molecule has 0 fully saturated rings. The molecule has 0 N–H and O–H groups in total. The molecule has 1 aromatic carbocycles. The van der Waals surface area contributed by atoms with Crippen molar-refractivity contribution >= 4 is 5.71 Å². The van der Waals surface area contributed by atoms with Gasteiger partial charge in [0, 0.05) is 5.56 Å². The lowest BCUT2D eigenvalue weighted by molar-refractivity contribution is 0.174. The number of halogens is 1. The third-order valence-corrected chi connectivity index (χ3v) is 1.79. The van der Waals surface area contributed by atoms with Gasteiger partial charge in [0.05, 0.1) is 12.5 Å². The Bertz CT molecular complexity index is 418. The minimum absolute atomic E-state index is 0.114. The molecular weight excluding hydrogens is 207 g/mol. The maximum atomic E-state index is 12.7. The van der Waals surface area contributed by atoms with Crippen LogP contribution in [0.1, 0.15) is 12.0 Å². The monoisotopic (exact) mass is 218 g/mol. The average molecular weight is 218 g/mol. The molecule has 82 valence electrons. The number of nitriles is 1. The summed E-state index contributed by atoms with van der Waals surface area (Å²) in [5.74, 6) is -0.327. The van der Waals surface area contributed by atoms with E-state index in [1.54, 1.807) is 18.2 Å². The van der Waals surface area contributed by atoms with E-state index in [4.69, 9.17) is 10.1 Å². The molecule has 0 heterocycles. The Morgan fingerprint density at radius 1 is 1.50 bits per heavy atom. The van der Waals surface area contributed by atoms with Crippen LogP contribution in [0.3, 0.4) is 0 Å². The van der Waals surface area contributed by atoms with Crippen LogP contribution in [0.4, 0.5) is 4.39 Å². The second-order valence-corrected chi connectivity index (χ2v) is 2.96. The summed E-state index contributed by atoms with van der Waals surface area (Å²) in [5.41, 5.74) is 1.15. The summed E-state index contributed by atoms with van der Waals surface area (Å²) in [6, 6.07) is 7.72. The van der Waals surface area contributed by atoms with Crippen molar-refractivity contribution < 1.29 is 9.23 Å². The Hall–Kier alpha value is -2.15. The SMILES string of the molecule is C=CCO/N=C(\CC#N)c1ccc(F)cc1. The molecule has 0 aliphatic rings. The zero-order valence-electron chi connectivity index (χ0n) is 8.69. The van der Waals surface area contributed by atoms with Crippen LogP contribution < -0.4 is 0 Å². The molecule has 0 aliphatic carbocycles. The topological polar surface area (TPSA) is 45.4 Å². The molecule has 0 saturated carbocycles. The molecule has 0 aromatic heterocycles. The lowest BCUT2D eigenvalue weighted by atomic mass is 10.1. The summed E-state index contributed by atoms with van der Waals surface area (Å²) >= 11 is 0. The zero-order valence-corrected chi connectivity index (χ0v) is 8.69. The second kappa shape index (κ2) is 6.36. The van der Waals surface area contributed by atoms with Crippen LogP contribution in [0.2, 0.25) is 0 Å². The molecule has 1 aromatic rings. The Labute approximate surface area is 93.5 Å². The van der Waals surface area contributed by atoms with Gasteiger partial charge >= 0.3 is 0 Å². The quantitative estimate of drug-likeness (QED) is 0.330. The van der Waals surface area contributed by atoms with E-state index < -0.39 is 0 Å². The van der Waals surface area contributed by atoms with E-state index in [2.05, 4.69) is 11.7 Å². The van der Waals surface area contributed by atoms with Gasteiger partial charge in [0.15, 0.2) is 0 Å². The van der Waals surface area contributed by atoms with Crippen molar-refractivity contribution in [3.63, 3.8) is 0 Å². The number of oxime groups is 1. The van der Waals surface area contributed by atoms with Gasteiger partial charge in [-0.2, -0.15) is 5.26 Å². The fourth-order valence-corrected chi connectivity index (χ4v) is 1.07. The lowest BCUT2D eigenvalue weighted by Gasteiger charge is -2.02. The van der Waals surface area contributed by atoms with Crippen LogP contribution in [0, 0.1) is 17.1 Å². The van der Waals surface area contributed by atoms with Crippen molar-refractivity contribution in [1.82, 2.24) is 0 Å². The van der Waals surface area contributed by atoms with E-state index in [1.807, 2.05) is 6.07 Å². The van der Waals surface area contributed by atoms with Gasteiger partial charge in [0.25, 0.3) is 0 Å². The third kappa shape index (κ3) is 3.54. The molecule has 0 aliphatic heterocycles. The number of rotatable bonds is 5. The van der Waals surface area contributed by atoms with Gasteiger partial charge in [0.2, 0.25) is 0 Å². The second-order valence-electron chi connectivity index (χ2n) is 2.96. The van der Waals surface area contributed by atoms with Crippen molar-refractivity contribution in [2.45, 2.75) is 6.42 Å². The highest BCUT2D eigenvalue weighted by molar-refractivity contribution is 6.01. The summed E-state index contributed by atoms with van der Waals surface area (Å²) in [6.45, 7) is 3.75. The van der Waals surface area contributed by atoms with Crippen LogP contribution in [-0.2, 0) is 4.84 Å². The summed E-state index contributed by atoms with van der Waals surface area (Å²) in [5, 5.41) is 12.4. The number of benzene rings is 1. The Kier molecular flexibility index (Phi) is 4.74. The van der Waals surface area contributed by atoms with Gasteiger partial charge < -0.3 is 4.84 Å². The minimum atomic E-state index is -0.327. The number of hydrogen-bond acceptors (Lipinski definition) is 3. The zero-order chi connectivity index (χ0) is 11.8. The van der Waals surface area contributed by atoms with Gasteiger partial charge in [-0.15, -0.1) is 0 Å². The van der Waals surface area contributed by atoms with E-state index in [-0.39, 0.29) is 18.8 Å². The fraction of sp³-hybridized carbons (Fsp3) is 0.167. The maximum absolute atomic E-state index is 12.7. The molecule has 0 unspecified atom stereocenters. The highest BCUT2D eigenvalue weighted by Gasteiger charge is 2.04. The van der Waals surface area contributed by atoms with Crippen molar-refractivity contribution in [2.24, 2.45) is 5.16 Å². The van der Waals surface area contributed by atoms with Crippen LogP contribution in [0.15, 0.2) is 42.1 Å². The predicted octanol–water partition coefficient (Wildman–Crippen LogP) is 2.65. The van der Waals surface area contributed by atoms with Gasteiger partial charge in [-0.1, -0.05) is 29.9 Å². The van der Waals surface area contributed by atoms with E-state index in [0.29, 0.717) is 11.3 Å². The largest absolute Gasteiger partial charge is 0.391 e. The Balaban J connectivity index is 2.85. The lowest BCUT2D eigenvalue weighted by Crippen LogP contribution is -2.01. The average Bonchev–Trinajstić information content (AvgIpc) is 2.29. The van der Waals surface area contributed by atoms with Crippen molar-refractivity contribution in [3.8, 4) is 6.07 Å². The van der Waals surface area contributed by atoms with Crippen molar-refractivity contribution in [2.75, 3.05) is 6.61 Å². The van der Waals surface area contributed by atoms with Gasteiger partial charge in [-0.3, -0.25) is 0 Å². The summed E-state index contributed by atoms with van der Waals surface area (Å²) in [4.78, 5) is 4.91. The van der Waals surface area contributed by atoms with E-state index in [9.17, 15) is 4.39 Å². The minimum Gasteiger partial charge on any atom is -0.391 e. The van der Waals surface area contributed by atoms with Gasteiger partial charge in [-0.05, 0) is 12.1 Å². The molecular formula is C12H11FN2O. The number of hydrogen-bond donors (Lipinski definition) is 0. The van der Waals surface area contributed by atoms with Crippen molar-refractivity contribution in [1.29, 1.82) is 5.26 Å². The van der Waals surface area contributed by atoms with Gasteiger partial charge in [0.1, 0.15) is 18.1 Å². The van der Waals surface area contributed by atoms with E-state index in [1.165, 1.54) is 12.1 Å². The summed E-state index contributed by atoms with van der Waals surface area (Å²) in [7, 11) is 0. The summed E-state index contributed by atoms with van der Waals surface area (Å²) < 4.78 is 12.7. The molecule has 0 saturated heterocycles. The first-order chi connectivity index (χ1) is 7.77. The predicted molar refractivity (Wildman–Crippen MR) is 59.3 cm³/mol. The third-order valence-electron chi connectivity index (χ3n) is 1.79. The first-order valence-electron chi connectivity index (χ1n) is 4.70. The highest BCUT2D eigenvalue weighted by atomic mass is 19.1. The Morgan fingerprint density at radius 3 is 2.75 bits per heavy atom. The highest BCUT2D eigenvalue weighted by Crippen LogP contribution is 2.07. The normalized spacial score (nSPS) is 10.6. The van der Waals surface area contributed by atoms with Crippen LogP contribution in [0.5, 0.6) is 0 Å². The van der Waals surface area contributed by atoms with Crippen molar-refractivity contribution in [3.05, 3.63) is 48.3 Å². The number of nitrogens with zero attached hydrogens (tertiary/aromatic N) is 2. The molecule has 3 nitrogen and oxygen atoms in total. The first-order valence-corrected chi connectivity index (χ1v) is 4.70. The summed E-state index contributed by atoms with van der Waals surface area (Å²) in [6.07, 6.45) is 1.67. The Morgan fingerprint density at radius 2 is 2.19 bits per heavy atom. The molecule has 4 heteroatoms. The van der Waals surface area contributed by atoms with Crippen LogP contribution >= 0.6 is 0 Å². The standard InChI is InChI=1S/C12H11FN2O/c1-2-9-16-15-12(7-8-14)10-3-5-11(13)6-4-10/h2-6H,1,7,9H2/b15-12+.